The van der Waals surface area contributed by atoms with Gasteiger partial charge in [0.15, 0.2) is 0 Å². The van der Waals surface area contributed by atoms with E-state index in [4.69, 9.17) is 0 Å². The number of aromatic nitrogens is 2. The van der Waals surface area contributed by atoms with Gasteiger partial charge in [-0.05, 0) is 50.9 Å². The van der Waals surface area contributed by atoms with E-state index in [0.29, 0.717) is 11.8 Å². The molecule has 1 aromatic rings. The van der Waals surface area contributed by atoms with Gasteiger partial charge in [-0.1, -0.05) is 6.92 Å². The third-order valence-corrected chi connectivity index (χ3v) is 6.44. The van der Waals surface area contributed by atoms with Gasteiger partial charge in [-0.3, -0.25) is 4.79 Å². The van der Waals surface area contributed by atoms with E-state index in [9.17, 15) is 4.79 Å². The highest BCUT2D eigenvalue weighted by molar-refractivity contribution is 5.79. The summed E-state index contributed by atoms with van der Waals surface area (Å²) in [6.07, 6.45) is 12.0. The van der Waals surface area contributed by atoms with Crippen LogP contribution in [-0.4, -0.2) is 60.0 Å². The second-order valence-electron chi connectivity index (χ2n) is 8.58. The van der Waals surface area contributed by atoms with Gasteiger partial charge >= 0.3 is 0 Å². The van der Waals surface area contributed by atoms with Crippen molar-refractivity contribution in [2.75, 3.05) is 49.1 Å². The maximum atomic E-state index is 12.8. The van der Waals surface area contributed by atoms with Crippen molar-refractivity contribution in [2.24, 2.45) is 11.8 Å². The third-order valence-electron chi connectivity index (χ3n) is 6.44. The molecule has 0 radical (unpaired) electrons. The number of nitrogens with zero attached hydrogens (tertiary/aromatic N) is 5. The number of anilines is 2. The molecule has 3 aliphatic heterocycles. The van der Waals surface area contributed by atoms with Crippen LogP contribution in [0.5, 0.6) is 0 Å². The molecule has 3 fully saturated rings. The Morgan fingerprint density at radius 2 is 1.59 bits per heavy atom. The zero-order valence-electron chi connectivity index (χ0n) is 16.6. The van der Waals surface area contributed by atoms with Crippen molar-refractivity contribution in [3.63, 3.8) is 0 Å². The molecule has 0 spiro atoms. The standard InChI is InChI=1S/C21H33N5O/c1-17-6-5-11-26(16-17)20(27)18-7-12-24(13-8-18)19-14-22-21(23-15-19)25-9-3-2-4-10-25/h14-15,17-18H,2-13,16H2,1H3. The Balaban J connectivity index is 1.30. The SMILES string of the molecule is CC1CCCN(C(=O)C2CCN(c3cnc(N4CCCCC4)nc3)CC2)C1. The van der Waals surface area contributed by atoms with Crippen LogP contribution >= 0.6 is 0 Å². The molecule has 1 amide bonds. The second-order valence-corrected chi connectivity index (χ2v) is 8.58. The minimum atomic E-state index is 0.195. The molecule has 4 heterocycles. The Labute approximate surface area is 162 Å². The van der Waals surface area contributed by atoms with Crippen LogP contribution in [0.2, 0.25) is 0 Å². The molecule has 0 aliphatic carbocycles. The Kier molecular flexibility index (Phi) is 5.79. The van der Waals surface area contributed by atoms with E-state index < -0.39 is 0 Å². The van der Waals surface area contributed by atoms with Crippen LogP contribution in [0.15, 0.2) is 12.4 Å². The first-order chi connectivity index (χ1) is 13.2. The van der Waals surface area contributed by atoms with E-state index in [1.54, 1.807) is 0 Å². The van der Waals surface area contributed by atoms with Crippen LogP contribution in [0.4, 0.5) is 11.6 Å². The number of rotatable bonds is 3. The van der Waals surface area contributed by atoms with Gasteiger partial charge in [-0.2, -0.15) is 0 Å². The summed E-state index contributed by atoms with van der Waals surface area (Å²) in [5, 5.41) is 0. The number of hydrogen-bond acceptors (Lipinski definition) is 5. The molecular formula is C21H33N5O. The highest BCUT2D eigenvalue weighted by atomic mass is 16.2. The molecule has 6 heteroatoms. The maximum absolute atomic E-state index is 12.8. The molecule has 3 aliphatic rings. The first kappa shape index (κ1) is 18.5. The molecule has 4 rings (SSSR count). The van der Waals surface area contributed by atoms with Crippen molar-refractivity contribution in [2.45, 2.75) is 51.9 Å². The predicted molar refractivity (Wildman–Crippen MR) is 108 cm³/mol. The number of amides is 1. The third kappa shape index (κ3) is 4.36. The summed E-state index contributed by atoms with van der Waals surface area (Å²) >= 11 is 0. The van der Waals surface area contributed by atoms with Gasteiger partial charge in [0, 0.05) is 45.2 Å². The fraction of sp³-hybridized carbons (Fsp3) is 0.762. The second kappa shape index (κ2) is 8.44. The van der Waals surface area contributed by atoms with Crippen LogP contribution in [0.1, 0.15) is 51.9 Å². The Morgan fingerprint density at radius 1 is 0.889 bits per heavy atom. The predicted octanol–water partition coefficient (Wildman–Crippen LogP) is 2.94. The van der Waals surface area contributed by atoms with E-state index in [1.165, 1.54) is 25.7 Å². The Bertz CT molecular complexity index is 620. The molecule has 148 valence electrons. The molecule has 0 N–H and O–H groups in total. The largest absolute Gasteiger partial charge is 0.369 e. The van der Waals surface area contributed by atoms with Crippen molar-refractivity contribution in [1.29, 1.82) is 0 Å². The summed E-state index contributed by atoms with van der Waals surface area (Å²) in [6, 6.07) is 0. The van der Waals surface area contributed by atoms with Gasteiger partial charge in [0.1, 0.15) is 0 Å². The topological polar surface area (TPSA) is 52.6 Å². The van der Waals surface area contributed by atoms with E-state index in [2.05, 4.69) is 31.6 Å². The van der Waals surface area contributed by atoms with Crippen molar-refractivity contribution in [3.05, 3.63) is 12.4 Å². The summed E-state index contributed by atoms with van der Waals surface area (Å²) < 4.78 is 0. The molecule has 1 unspecified atom stereocenters. The lowest BCUT2D eigenvalue weighted by Crippen LogP contribution is -2.46. The van der Waals surface area contributed by atoms with E-state index >= 15 is 0 Å². The van der Waals surface area contributed by atoms with Crippen molar-refractivity contribution in [1.82, 2.24) is 14.9 Å². The minimum Gasteiger partial charge on any atom is -0.369 e. The van der Waals surface area contributed by atoms with Gasteiger partial charge in [-0.25, -0.2) is 9.97 Å². The summed E-state index contributed by atoms with van der Waals surface area (Å²) in [5.74, 6) is 2.10. The van der Waals surface area contributed by atoms with Crippen LogP contribution < -0.4 is 9.80 Å². The lowest BCUT2D eigenvalue weighted by atomic mass is 9.92. The Morgan fingerprint density at radius 3 is 2.26 bits per heavy atom. The average Bonchev–Trinajstić information content (AvgIpc) is 2.74. The molecule has 27 heavy (non-hydrogen) atoms. The number of likely N-dealkylation sites (tertiary alicyclic amines) is 1. The summed E-state index contributed by atoms with van der Waals surface area (Å²) in [4.78, 5) is 28.8. The normalized spacial score (nSPS) is 24.9. The molecule has 0 saturated carbocycles. The van der Waals surface area contributed by atoms with Gasteiger partial charge in [0.2, 0.25) is 11.9 Å². The summed E-state index contributed by atoms with van der Waals surface area (Å²) in [6.45, 7) is 8.15. The lowest BCUT2D eigenvalue weighted by molar-refractivity contribution is -0.137. The molecule has 6 nitrogen and oxygen atoms in total. The smallest absolute Gasteiger partial charge is 0.225 e. The van der Waals surface area contributed by atoms with Gasteiger partial charge in [-0.15, -0.1) is 0 Å². The number of piperidine rings is 3. The van der Waals surface area contributed by atoms with Crippen molar-refractivity contribution < 1.29 is 4.79 Å². The molecule has 1 aromatic heterocycles. The summed E-state index contributed by atoms with van der Waals surface area (Å²) in [5.41, 5.74) is 1.09. The zero-order valence-corrected chi connectivity index (χ0v) is 16.6. The Hall–Kier alpha value is -1.85. The van der Waals surface area contributed by atoms with Gasteiger partial charge in [0.25, 0.3) is 0 Å². The number of hydrogen-bond donors (Lipinski definition) is 0. The fourth-order valence-corrected chi connectivity index (χ4v) is 4.77. The van der Waals surface area contributed by atoms with Crippen molar-refractivity contribution >= 4 is 17.5 Å². The monoisotopic (exact) mass is 371 g/mol. The molecule has 0 bridgehead atoms. The van der Waals surface area contributed by atoms with Crippen LogP contribution in [0.3, 0.4) is 0 Å². The maximum Gasteiger partial charge on any atom is 0.225 e. The molecule has 1 atom stereocenters. The van der Waals surface area contributed by atoms with Crippen LogP contribution in [-0.2, 0) is 4.79 Å². The number of carbonyl (C=O) groups is 1. The van der Waals surface area contributed by atoms with Crippen molar-refractivity contribution in [3.8, 4) is 0 Å². The summed E-state index contributed by atoms with van der Waals surface area (Å²) in [7, 11) is 0. The molecule has 0 aromatic carbocycles. The van der Waals surface area contributed by atoms with E-state index in [0.717, 1.165) is 70.2 Å². The van der Waals surface area contributed by atoms with E-state index in [-0.39, 0.29) is 5.92 Å². The average molecular weight is 372 g/mol. The quantitative estimate of drug-likeness (QED) is 0.818. The molecule has 3 saturated heterocycles. The van der Waals surface area contributed by atoms with Crippen LogP contribution in [0.25, 0.3) is 0 Å². The van der Waals surface area contributed by atoms with Gasteiger partial charge in [0.05, 0.1) is 18.1 Å². The number of carbonyl (C=O) groups excluding carboxylic acids is 1. The zero-order chi connectivity index (χ0) is 18.6. The first-order valence-electron chi connectivity index (χ1n) is 10.8. The first-order valence-corrected chi connectivity index (χ1v) is 10.8. The highest BCUT2D eigenvalue weighted by Crippen LogP contribution is 2.26. The lowest BCUT2D eigenvalue weighted by Gasteiger charge is -2.37. The van der Waals surface area contributed by atoms with Crippen LogP contribution in [0, 0.1) is 11.8 Å². The minimum absolute atomic E-state index is 0.195. The highest BCUT2D eigenvalue weighted by Gasteiger charge is 2.30. The van der Waals surface area contributed by atoms with Gasteiger partial charge < -0.3 is 14.7 Å². The fourth-order valence-electron chi connectivity index (χ4n) is 4.77. The molecular weight excluding hydrogens is 338 g/mol. The van der Waals surface area contributed by atoms with E-state index in [1.807, 2.05) is 12.4 Å².